The lowest BCUT2D eigenvalue weighted by Gasteiger charge is -2.34. The molecule has 1 aliphatic rings. The van der Waals surface area contributed by atoms with E-state index >= 15 is 0 Å². The monoisotopic (exact) mass is 306 g/mol. The summed E-state index contributed by atoms with van der Waals surface area (Å²) < 4.78 is 0. The molecule has 7 nitrogen and oxygen atoms in total. The highest BCUT2D eigenvalue weighted by Gasteiger charge is 2.39. The van der Waals surface area contributed by atoms with E-state index in [0.717, 1.165) is 4.90 Å². The molecule has 0 aliphatic carbocycles. The van der Waals surface area contributed by atoms with Crippen molar-refractivity contribution in [3.63, 3.8) is 0 Å². The summed E-state index contributed by atoms with van der Waals surface area (Å²) in [5, 5.41) is 18.5. The number of benzene rings is 1. The van der Waals surface area contributed by atoms with Crippen molar-refractivity contribution in [1.82, 2.24) is 9.80 Å². The third-order valence-electron chi connectivity index (χ3n) is 4.15. The molecule has 1 aromatic carbocycles. The quantitative estimate of drug-likeness (QED) is 0.721. The highest BCUT2D eigenvalue weighted by molar-refractivity contribution is 6.21. The standard InChI is InChI=1S/C15H18N2O5/c1-15(9-18,14(21)22)16(2)7-8-17-12(19)10-5-3-4-6-11(10)13(17)20/h3-6,18H,7-9H2,1-2H3,(H,21,22). The molecule has 2 rings (SSSR count). The van der Waals surface area contributed by atoms with Crippen molar-refractivity contribution in [3.8, 4) is 0 Å². The zero-order valence-corrected chi connectivity index (χ0v) is 12.4. The fourth-order valence-corrected chi connectivity index (χ4v) is 2.29. The van der Waals surface area contributed by atoms with Crippen LogP contribution in [0.5, 0.6) is 0 Å². The van der Waals surface area contributed by atoms with Crippen LogP contribution in [0, 0.1) is 0 Å². The smallest absolute Gasteiger partial charge is 0.326 e. The SMILES string of the molecule is CN(CCN1C(=O)c2ccccc2C1=O)C(C)(CO)C(=O)O. The third kappa shape index (κ3) is 2.49. The number of amides is 2. The first kappa shape index (κ1) is 16.1. The molecule has 22 heavy (non-hydrogen) atoms. The molecule has 1 unspecified atom stereocenters. The molecule has 7 heteroatoms. The average Bonchev–Trinajstić information content (AvgIpc) is 2.76. The molecule has 0 spiro atoms. The van der Waals surface area contributed by atoms with E-state index in [9.17, 15) is 24.6 Å². The summed E-state index contributed by atoms with van der Waals surface area (Å²) in [6.07, 6.45) is 0. The molecule has 0 aromatic heterocycles. The van der Waals surface area contributed by atoms with Crippen LogP contribution in [-0.2, 0) is 4.79 Å². The molecule has 118 valence electrons. The van der Waals surface area contributed by atoms with Gasteiger partial charge in [0, 0.05) is 13.1 Å². The number of imide groups is 1. The Morgan fingerprint density at radius 1 is 1.23 bits per heavy atom. The first-order valence-corrected chi connectivity index (χ1v) is 6.83. The lowest BCUT2D eigenvalue weighted by Crippen LogP contribution is -2.55. The first-order valence-electron chi connectivity index (χ1n) is 6.83. The van der Waals surface area contributed by atoms with Crippen molar-refractivity contribution in [3.05, 3.63) is 35.4 Å². The van der Waals surface area contributed by atoms with Crippen LogP contribution < -0.4 is 0 Å². The molecule has 2 amide bonds. The van der Waals surface area contributed by atoms with Crippen LogP contribution in [0.25, 0.3) is 0 Å². The normalized spacial score (nSPS) is 16.8. The van der Waals surface area contributed by atoms with Gasteiger partial charge in [0.2, 0.25) is 0 Å². The topological polar surface area (TPSA) is 98.2 Å². The molecule has 1 heterocycles. The summed E-state index contributed by atoms with van der Waals surface area (Å²) in [5.74, 6) is -1.93. The molecule has 1 aliphatic heterocycles. The number of aliphatic carboxylic acids is 1. The van der Waals surface area contributed by atoms with E-state index in [1.807, 2.05) is 0 Å². The predicted molar refractivity (Wildman–Crippen MR) is 77.6 cm³/mol. The number of carbonyl (C=O) groups excluding carboxylic acids is 2. The molecule has 1 aromatic rings. The van der Waals surface area contributed by atoms with Crippen molar-refractivity contribution >= 4 is 17.8 Å². The average molecular weight is 306 g/mol. The van der Waals surface area contributed by atoms with Crippen molar-refractivity contribution in [2.75, 3.05) is 26.7 Å². The van der Waals surface area contributed by atoms with E-state index in [4.69, 9.17) is 0 Å². The summed E-state index contributed by atoms with van der Waals surface area (Å²) >= 11 is 0. The van der Waals surface area contributed by atoms with Crippen molar-refractivity contribution in [2.45, 2.75) is 12.5 Å². The van der Waals surface area contributed by atoms with Crippen molar-refractivity contribution in [2.24, 2.45) is 0 Å². The maximum absolute atomic E-state index is 12.2. The second-order valence-electron chi connectivity index (χ2n) is 5.47. The van der Waals surface area contributed by atoms with Crippen LogP contribution in [-0.4, -0.2) is 70.1 Å². The van der Waals surface area contributed by atoms with Crippen molar-refractivity contribution < 1.29 is 24.6 Å². The van der Waals surface area contributed by atoms with E-state index in [0.29, 0.717) is 11.1 Å². The van der Waals surface area contributed by atoms with Gasteiger partial charge < -0.3 is 10.2 Å². The minimum absolute atomic E-state index is 0.0612. The number of carboxylic acids is 1. The summed E-state index contributed by atoms with van der Waals surface area (Å²) in [4.78, 5) is 38.1. The number of likely N-dealkylation sites (N-methyl/N-ethyl adjacent to an activating group) is 1. The Balaban J connectivity index is 2.09. The minimum Gasteiger partial charge on any atom is -0.480 e. The van der Waals surface area contributed by atoms with E-state index in [2.05, 4.69) is 0 Å². The lowest BCUT2D eigenvalue weighted by atomic mass is 10.0. The number of aliphatic hydroxyl groups is 1. The third-order valence-corrected chi connectivity index (χ3v) is 4.15. The van der Waals surface area contributed by atoms with Crippen molar-refractivity contribution in [1.29, 1.82) is 0 Å². The van der Waals surface area contributed by atoms with Gasteiger partial charge in [-0.15, -0.1) is 0 Å². The fourth-order valence-electron chi connectivity index (χ4n) is 2.29. The zero-order chi connectivity index (χ0) is 16.5. The van der Waals surface area contributed by atoms with Crippen LogP contribution in [0.3, 0.4) is 0 Å². The van der Waals surface area contributed by atoms with Gasteiger partial charge in [-0.2, -0.15) is 0 Å². The van der Waals surface area contributed by atoms with Crippen LogP contribution in [0.4, 0.5) is 0 Å². The number of hydrogen-bond donors (Lipinski definition) is 2. The Bertz CT molecular complexity index is 595. The number of fused-ring (bicyclic) bond motifs is 1. The summed E-state index contributed by atoms with van der Waals surface area (Å²) in [6, 6.07) is 6.56. The van der Waals surface area contributed by atoms with Crippen LogP contribution in [0.2, 0.25) is 0 Å². The Kier molecular flexibility index (Phi) is 4.30. The Labute approximate surface area is 127 Å². The second-order valence-corrected chi connectivity index (χ2v) is 5.47. The van der Waals surface area contributed by atoms with Crippen LogP contribution in [0.1, 0.15) is 27.6 Å². The first-order chi connectivity index (χ1) is 10.3. The zero-order valence-electron chi connectivity index (χ0n) is 12.4. The molecule has 2 N–H and O–H groups in total. The van der Waals surface area contributed by atoms with Gasteiger partial charge in [0.05, 0.1) is 17.7 Å². The van der Waals surface area contributed by atoms with E-state index < -0.39 is 18.1 Å². The number of nitrogens with zero attached hydrogens (tertiary/aromatic N) is 2. The predicted octanol–water partition coefficient (Wildman–Crippen LogP) is 0.0500. The Morgan fingerprint density at radius 3 is 2.14 bits per heavy atom. The van der Waals surface area contributed by atoms with Gasteiger partial charge in [-0.05, 0) is 26.1 Å². The Morgan fingerprint density at radius 2 is 1.73 bits per heavy atom. The molecule has 0 radical (unpaired) electrons. The number of carboxylic acid groups (broad SMARTS) is 1. The molecular weight excluding hydrogens is 288 g/mol. The van der Waals surface area contributed by atoms with Crippen LogP contribution in [0.15, 0.2) is 24.3 Å². The van der Waals surface area contributed by atoms with Gasteiger partial charge in [-0.3, -0.25) is 24.2 Å². The van der Waals surface area contributed by atoms with E-state index in [-0.39, 0.29) is 24.9 Å². The summed E-state index contributed by atoms with van der Waals surface area (Å²) in [5.41, 5.74) is -0.741. The number of carbonyl (C=O) groups is 3. The van der Waals surface area contributed by atoms with Gasteiger partial charge in [0.25, 0.3) is 11.8 Å². The minimum atomic E-state index is -1.46. The van der Waals surface area contributed by atoms with E-state index in [1.54, 1.807) is 24.3 Å². The highest BCUT2D eigenvalue weighted by atomic mass is 16.4. The van der Waals surface area contributed by atoms with Gasteiger partial charge in [0.15, 0.2) is 0 Å². The number of rotatable bonds is 6. The number of aliphatic hydroxyl groups excluding tert-OH is 1. The fraction of sp³-hybridized carbons (Fsp3) is 0.400. The van der Waals surface area contributed by atoms with Crippen LogP contribution >= 0.6 is 0 Å². The molecule has 0 saturated carbocycles. The highest BCUT2D eigenvalue weighted by Crippen LogP contribution is 2.22. The van der Waals surface area contributed by atoms with Gasteiger partial charge in [-0.25, -0.2) is 0 Å². The second kappa shape index (κ2) is 5.86. The molecule has 0 bridgehead atoms. The summed E-state index contributed by atoms with van der Waals surface area (Å²) in [7, 11) is 1.53. The molecular formula is C15H18N2O5. The molecule has 0 fully saturated rings. The van der Waals surface area contributed by atoms with Gasteiger partial charge >= 0.3 is 5.97 Å². The van der Waals surface area contributed by atoms with Gasteiger partial charge in [-0.1, -0.05) is 12.1 Å². The molecule has 1 atom stereocenters. The van der Waals surface area contributed by atoms with E-state index in [1.165, 1.54) is 18.9 Å². The van der Waals surface area contributed by atoms with Gasteiger partial charge in [0.1, 0.15) is 5.54 Å². The summed E-state index contributed by atoms with van der Waals surface area (Å²) in [6.45, 7) is 1.03. The maximum atomic E-state index is 12.2. The molecule has 0 saturated heterocycles. The lowest BCUT2D eigenvalue weighted by molar-refractivity contribution is -0.152. The Hall–Kier alpha value is -2.25. The number of hydrogen-bond acceptors (Lipinski definition) is 5. The maximum Gasteiger partial charge on any atom is 0.326 e. The largest absolute Gasteiger partial charge is 0.480 e.